The number of nitrogens with zero attached hydrogens (tertiary/aromatic N) is 4. The second kappa shape index (κ2) is 10.8. The van der Waals surface area contributed by atoms with Crippen molar-refractivity contribution in [3.8, 4) is 0 Å². The van der Waals surface area contributed by atoms with Crippen LogP contribution in [0, 0.1) is 11.6 Å². The summed E-state index contributed by atoms with van der Waals surface area (Å²) in [7, 11) is -3.53. The second-order valence-corrected chi connectivity index (χ2v) is 12.9. The molecule has 0 spiro atoms. The molecule has 0 aromatic heterocycles. The van der Waals surface area contributed by atoms with Gasteiger partial charge in [-0.2, -0.15) is 4.31 Å². The maximum atomic E-state index is 14.3. The lowest BCUT2D eigenvalue weighted by molar-refractivity contribution is 0.139. The van der Waals surface area contributed by atoms with Gasteiger partial charge in [-0.25, -0.2) is 17.2 Å². The Morgan fingerprint density at radius 2 is 1.46 bits per heavy atom. The van der Waals surface area contributed by atoms with Crippen molar-refractivity contribution >= 4 is 33.0 Å². The monoisotopic (exact) mass is 572 g/mol. The Morgan fingerprint density at radius 1 is 0.795 bits per heavy atom. The molecule has 3 aromatic rings. The normalized spacial score (nSPS) is 22.6. The molecule has 39 heavy (non-hydrogen) atoms. The molecule has 0 radical (unpaired) electrons. The maximum Gasteiger partial charge on any atom is 0.243 e. The molecule has 6 rings (SSSR count). The lowest BCUT2D eigenvalue weighted by Crippen LogP contribution is -2.51. The fraction of sp³-hybridized carbons (Fsp3) is 0.379. The number of hydrogen-bond donors (Lipinski definition) is 0. The van der Waals surface area contributed by atoms with Crippen LogP contribution in [-0.2, 0) is 10.0 Å². The molecule has 3 aliphatic heterocycles. The van der Waals surface area contributed by atoms with Crippen molar-refractivity contribution in [2.24, 2.45) is 0 Å². The fourth-order valence-corrected chi connectivity index (χ4v) is 7.76. The van der Waals surface area contributed by atoms with E-state index in [2.05, 4.69) is 14.7 Å². The van der Waals surface area contributed by atoms with Crippen LogP contribution in [0.1, 0.15) is 17.9 Å². The predicted octanol–water partition coefficient (Wildman–Crippen LogP) is 4.93. The van der Waals surface area contributed by atoms with Crippen LogP contribution < -0.4 is 4.90 Å². The first-order valence-electron chi connectivity index (χ1n) is 13.3. The van der Waals surface area contributed by atoms with E-state index in [0.29, 0.717) is 31.2 Å². The Bertz CT molecular complexity index is 1430. The zero-order chi connectivity index (χ0) is 27.1. The number of hydrogen-bond acceptors (Lipinski definition) is 5. The van der Waals surface area contributed by atoms with Crippen LogP contribution in [0.15, 0.2) is 71.6 Å². The maximum absolute atomic E-state index is 14.3. The lowest BCUT2D eigenvalue weighted by Gasteiger charge is -2.40. The summed E-state index contributed by atoms with van der Waals surface area (Å²) in [6.45, 7) is 5.73. The minimum Gasteiger partial charge on any atom is -0.337 e. The number of anilines is 2. The highest BCUT2D eigenvalue weighted by atomic mass is 35.5. The molecule has 2 atom stereocenters. The summed E-state index contributed by atoms with van der Waals surface area (Å²) in [5.41, 5.74) is 2.93. The van der Waals surface area contributed by atoms with Crippen LogP contribution in [0.2, 0.25) is 5.02 Å². The van der Waals surface area contributed by atoms with E-state index in [1.165, 1.54) is 18.2 Å². The van der Waals surface area contributed by atoms with Crippen molar-refractivity contribution in [3.05, 3.63) is 89.0 Å². The number of benzene rings is 3. The lowest BCUT2D eigenvalue weighted by atomic mass is 9.89. The van der Waals surface area contributed by atoms with Gasteiger partial charge in [0.05, 0.1) is 4.90 Å². The summed E-state index contributed by atoms with van der Waals surface area (Å²) >= 11 is 5.92. The number of halogens is 3. The van der Waals surface area contributed by atoms with Crippen LogP contribution in [0.3, 0.4) is 0 Å². The highest BCUT2D eigenvalue weighted by Crippen LogP contribution is 2.48. The Morgan fingerprint density at radius 3 is 2.18 bits per heavy atom. The molecular formula is C29H31ClF2N4O2S. The molecule has 6 nitrogen and oxygen atoms in total. The van der Waals surface area contributed by atoms with E-state index in [1.54, 1.807) is 46.8 Å². The van der Waals surface area contributed by atoms with E-state index in [9.17, 15) is 17.2 Å². The van der Waals surface area contributed by atoms with Crippen molar-refractivity contribution in [3.63, 3.8) is 0 Å². The van der Waals surface area contributed by atoms with Crippen molar-refractivity contribution in [2.75, 3.05) is 57.3 Å². The van der Waals surface area contributed by atoms with Gasteiger partial charge in [0.25, 0.3) is 0 Å². The van der Waals surface area contributed by atoms with E-state index in [0.717, 1.165) is 49.5 Å². The SMILES string of the molecule is O=S(=O)(c1ccc(Cl)cc1)N1CCN(CCN2CCC3C(C2)c2cc(F)ccc2N3c2ccc(F)cc2)CC1. The highest BCUT2D eigenvalue weighted by Gasteiger charge is 2.42. The molecule has 2 fully saturated rings. The molecule has 0 amide bonds. The Balaban J connectivity index is 1.08. The van der Waals surface area contributed by atoms with Gasteiger partial charge in [-0.3, -0.25) is 4.90 Å². The van der Waals surface area contributed by atoms with Gasteiger partial charge in [0, 0.05) is 80.7 Å². The third-order valence-corrected chi connectivity index (χ3v) is 10.4. The summed E-state index contributed by atoms with van der Waals surface area (Å²) in [5.74, 6) is -0.347. The predicted molar refractivity (Wildman–Crippen MR) is 149 cm³/mol. The summed E-state index contributed by atoms with van der Waals surface area (Å²) < 4.78 is 55.4. The summed E-state index contributed by atoms with van der Waals surface area (Å²) in [4.78, 5) is 7.26. The van der Waals surface area contributed by atoms with E-state index < -0.39 is 10.0 Å². The molecule has 206 valence electrons. The van der Waals surface area contributed by atoms with Gasteiger partial charge in [0.1, 0.15) is 11.6 Å². The van der Waals surface area contributed by atoms with Gasteiger partial charge in [-0.15, -0.1) is 0 Å². The van der Waals surface area contributed by atoms with E-state index >= 15 is 0 Å². The summed E-state index contributed by atoms with van der Waals surface area (Å²) in [5, 5.41) is 0.511. The van der Waals surface area contributed by atoms with Gasteiger partial charge in [0.15, 0.2) is 0 Å². The third kappa shape index (κ3) is 5.30. The largest absolute Gasteiger partial charge is 0.337 e. The molecule has 3 aromatic carbocycles. The molecule has 0 N–H and O–H groups in total. The Labute approximate surface area is 233 Å². The fourth-order valence-electron chi connectivity index (χ4n) is 6.21. The van der Waals surface area contributed by atoms with Crippen LogP contribution in [-0.4, -0.2) is 80.9 Å². The number of piperazine rings is 1. The number of likely N-dealkylation sites (tertiary alicyclic amines) is 1. The number of piperidine rings is 1. The average molecular weight is 573 g/mol. The first kappa shape index (κ1) is 26.7. The van der Waals surface area contributed by atoms with Gasteiger partial charge in [0.2, 0.25) is 10.0 Å². The molecule has 0 bridgehead atoms. The number of sulfonamides is 1. The molecule has 0 saturated carbocycles. The molecular weight excluding hydrogens is 542 g/mol. The quantitative estimate of drug-likeness (QED) is 0.419. The molecule has 2 saturated heterocycles. The van der Waals surface area contributed by atoms with Crippen molar-refractivity contribution in [2.45, 2.75) is 23.3 Å². The van der Waals surface area contributed by atoms with Crippen molar-refractivity contribution in [1.82, 2.24) is 14.1 Å². The molecule has 3 heterocycles. The van der Waals surface area contributed by atoms with Gasteiger partial charge >= 0.3 is 0 Å². The molecule has 2 unspecified atom stereocenters. The summed E-state index contributed by atoms with van der Waals surface area (Å²) in [6.07, 6.45) is 0.922. The van der Waals surface area contributed by atoms with Crippen LogP contribution >= 0.6 is 11.6 Å². The zero-order valence-corrected chi connectivity index (χ0v) is 23.1. The van der Waals surface area contributed by atoms with Gasteiger partial charge in [-0.1, -0.05) is 11.6 Å². The first-order valence-corrected chi connectivity index (χ1v) is 15.2. The first-order chi connectivity index (χ1) is 18.8. The smallest absolute Gasteiger partial charge is 0.243 e. The molecule has 0 aliphatic carbocycles. The van der Waals surface area contributed by atoms with Crippen molar-refractivity contribution < 1.29 is 17.2 Å². The van der Waals surface area contributed by atoms with Crippen LogP contribution in [0.4, 0.5) is 20.2 Å². The summed E-state index contributed by atoms with van der Waals surface area (Å²) in [6, 6.07) is 18.0. The average Bonchev–Trinajstić information content (AvgIpc) is 3.25. The third-order valence-electron chi connectivity index (χ3n) is 8.26. The van der Waals surface area contributed by atoms with Crippen LogP contribution in [0.25, 0.3) is 0 Å². The van der Waals surface area contributed by atoms with Crippen LogP contribution in [0.5, 0.6) is 0 Å². The number of rotatable bonds is 6. The topological polar surface area (TPSA) is 47.1 Å². The standard InChI is InChI=1S/C29H31ClF2N4O2S/c30-21-1-8-25(9-2-21)39(37,38)35-17-15-33(16-18-35)13-14-34-12-11-29-27(20-34)26-19-23(32)5-10-28(26)36(29)24-6-3-22(31)4-7-24/h1-10,19,27,29H,11-18,20H2. The van der Waals surface area contributed by atoms with Crippen molar-refractivity contribution in [1.29, 1.82) is 0 Å². The minimum absolute atomic E-state index is 0.163. The minimum atomic E-state index is -3.53. The Kier molecular flexibility index (Phi) is 7.37. The zero-order valence-electron chi connectivity index (χ0n) is 21.5. The van der Waals surface area contributed by atoms with E-state index in [1.807, 2.05) is 6.07 Å². The van der Waals surface area contributed by atoms with Gasteiger partial charge in [-0.05, 0) is 78.7 Å². The second-order valence-electron chi connectivity index (χ2n) is 10.5. The Hall–Kier alpha value is -2.56. The number of fused-ring (bicyclic) bond motifs is 3. The molecule has 10 heteroatoms. The van der Waals surface area contributed by atoms with E-state index in [4.69, 9.17) is 11.6 Å². The van der Waals surface area contributed by atoms with E-state index in [-0.39, 0.29) is 28.5 Å². The molecule has 3 aliphatic rings. The van der Waals surface area contributed by atoms with Gasteiger partial charge < -0.3 is 9.80 Å². The highest BCUT2D eigenvalue weighted by molar-refractivity contribution is 7.89.